The summed E-state index contributed by atoms with van der Waals surface area (Å²) in [5.74, 6) is 0.271. The van der Waals surface area contributed by atoms with Crippen molar-refractivity contribution in [3.8, 4) is 11.5 Å². The third-order valence-corrected chi connectivity index (χ3v) is 6.52. The van der Waals surface area contributed by atoms with Crippen molar-refractivity contribution in [3.63, 3.8) is 0 Å². The van der Waals surface area contributed by atoms with E-state index in [1.165, 1.54) is 36.6 Å². The normalized spacial score (nSPS) is 16.4. The Hall–Kier alpha value is -3.16. The predicted octanol–water partition coefficient (Wildman–Crippen LogP) is 6.23. The first-order valence-corrected chi connectivity index (χ1v) is 12.0. The lowest BCUT2D eigenvalue weighted by Crippen LogP contribution is -2.30. The monoisotopic (exact) mass is 498 g/mol. The van der Waals surface area contributed by atoms with Gasteiger partial charge in [-0.1, -0.05) is 54.6 Å². The second kappa shape index (κ2) is 10.8. The number of nitrogens with one attached hydrogen (secondary N) is 2. The zero-order valence-corrected chi connectivity index (χ0v) is 20.3. The molecule has 176 valence electrons. The molecule has 0 unspecified atom stereocenters. The Balaban J connectivity index is 1.47. The molecular formula is C26H24ClFN2O3S. The molecule has 8 heteroatoms. The van der Waals surface area contributed by atoms with E-state index < -0.39 is 0 Å². The van der Waals surface area contributed by atoms with Crippen LogP contribution < -0.4 is 20.1 Å². The average Bonchev–Trinajstić information content (AvgIpc) is 3.16. The molecule has 1 aliphatic rings. The Morgan fingerprint density at radius 1 is 1.15 bits per heavy atom. The summed E-state index contributed by atoms with van der Waals surface area (Å²) in [7, 11) is 1.51. The summed E-state index contributed by atoms with van der Waals surface area (Å²) in [6, 6.07) is 17.7. The predicted molar refractivity (Wildman–Crippen MR) is 136 cm³/mol. The number of hydrogen-bond acceptors (Lipinski definition) is 5. The highest BCUT2D eigenvalue weighted by molar-refractivity contribution is 8.05. The van der Waals surface area contributed by atoms with Crippen LogP contribution in [0.25, 0.3) is 6.08 Å². The lowest BCUT2D eigenvalue weighted by Gasteiger charge is -2.14. The minimum absolute atomic E-state index is 0.138. The molecule has 1 fully saturated rings. The van der Waals surface area contributed by atoms with E-state index in [0.29, 0.717) is 32.6 Å². The number of amides is 1. The van der Waals surface area contributed by atoms with Crippen LogP contribution in [-0.4, -0.2) is 18.5 Å². The average molecular weight is 499 g/mol. The van der Waals surface area contributed by atoms with Crippen molar-refractivity contribution in [3.05, 3.63) is 93.1 Å². The third-order valence-electron chi connectivity index (χ3n) is 5.21. The van der Waals surface area contributed by atoms with Crippen molar-refractivity contribution in [2.75, 3.05) is 12.4 Å². The van der Waals surface area contributed by atoms with E-state index >= 15 is 0 Å². The highest BCUT2D eigenvalue weighted by Gasteiger charge is 2.27. The summed E-state index contributed by atoms with van der Waals surface area (Å²) in [6.07, 6.45) is 2.73. The number of anilines is 1. The van der Waals surface area contributed by atoms with Gasteiger partial charge >= 0.3 is 0 Å². The Bertz CT molecular complexity index is 1220. The van der Waals surface area contributed by atoms with Gasteiger partial charge < -0.3 is 20.1 Å². The maximum Gasteiger partial charge on any atom is 0.260 e. The molecule has 0 aliphatic carbocycles. The highest BCUT2D eigenvalue weighted by atomic mass is 35.5. The number of rotatable bonds is 8. The number of hydrogen-bond donors (Lipinski definition) is 2. The van der Waals surface area contributed by atoms with Gasteiger partial charge in [-0.15, -0.1) is 0 Å². The molecule has 1 heterocycles. The Kier molecular flexibility index (Phi) is 7.65. The smallest absolute Gasteiger partial charge is 0.260 e. The number of benzene rings is 3. The SMILES string of the molecule is CCc1ccc(N[C@@H]2NC(=O)/C(=C/c3cc(Cl)c(OCc4cccc(F)c4)c(OC)c3)S2)cc1. The molecule has 0 aromatic heterocycles. The molecule has 34 heavy (non-hydrogen) atoms. The Morgan fingerprint density at radius 3 is 2.65 bits per heavy atom. The number of ether oxygens (including phenoxy) is 2. The first-order valence-electron chi connectivity index (χ1n) is 10.7. The zero-order valence-electron chi connectivity index (χ0n) is 18.7. The fraction of sp³-hybridized carbons (Fsp3) is 0.192. The van der Waals surface area contributed by atoms with Gasteiger partial charge in [0.2, 0.25) is 0 Å². The molecule has 1 amide bonds. The molecular weight excluding hydrogens is 475 g/mol. The van der Waals surface area contributed by atoms with Crippen LogP contribution in [0.3, 0.4) is 0 Å². The van der Waals surface area contributed by atoms with Crippen molar-refractivity contribution in [2.24, 2.45) is 0 Å². The summed E-state index contributed by atoms with van der Waals surface area (Å²) in [5.41, 5.74) is 3.28. The molecule has 1 saturated heterocycles. The van der Waals surface area contributed by atoms with Crippen LogP contribution >= 0.6 is 23.4 Å². The molecule has 0 spiro atoms. The van der Waals surface area contributed by atoms with Crippen LogP contribution in [0.1, 0.15) is 23.6 Å². The third kappa shape index (κ3) is 5.85. The molecule has 4 rings (SSSR count). The van der Waals surface area contributed by atoms with Crippen LogP contribution in [-0.2, 0) is 17.8 Å². The van der Waals surface area contributed by atoms with Crippen molar-refractivity contribution in [2.45, 2.75) is 25.4 Å². The van der Waals surface area contributed by atoms with Crippen LogP contribution in [0.15, 0.2) is 65.6 Å². The summed E-state index contributed by atoms with van der Waals surface area (Å²) < 4.78 is 24.7. The maximum absolute atomic E-state index is 13.4. The van der Waals surface area contributed by atoms with Gasteiger partial charge in [-0.25, -0.2) is 4.39 Å². The van der Waals surface area contributed by atoms with Crippen molar-refractivity contribution in [1.29, 1.82) is 0 Å². The van der Waals surface area contributed by atoms with E-state index in [1.807, 2.05) is 12.1 Å². The van der Waals surface area contributed by atoms with Crippen molar-refractivity contribution < 1.29 is 18.7 Å². The fourth-order valence-electron chi connectivity index (χ4n) is 3.45. The van der Waals surface area contributed by atoms with E-state index in [9.17, 15) is 9.18 Å². The van der Waals surface area contributed by atoms with Crippen LogP contribution in [0, 0.1) is 5.82 Å². The van der Waals surface area contributed by atoms with Gasteiger partial charge in [-0.3, -0.25) is 4.79 Å². The van der Waals surface area contributed by atoms with E-state index in [2.05, 4.69) is 29.7 Å². The molecule has 1 atom stereocenters. The Morgan fingerprint density at radius 2 is 1.94 bits per heavy atom. The number of methoxy groups -OCH3 is 1. The topological polar surface area (TPSA) is 59.6 Å². The van der Waals surface area contributed by atoms with Crippen molar-refractivity contribution in [1.82, 2.24) is 5.32 Å². The lowest BCUT2D eigenvalue weighted by atomic mass is 10.1. The number of aryl methyl sites for hydroxylation is 1. The Labute approximate surface area is 207 Å². The summed E-state index contributed by atoms with van der Waals surface area (Å²) >= 11 is 7.85. The van der Waals surface area contributed by atoms with Crippen molar-refractivity contribution >= 4 is 41.0 Å². The van der Waals surface area contributed by atoms with Gasteiger partial charge in [0.05, 0.1) is 17.0 Å². The molecule has 5 nitrogen and oxygen atoms in total. The lowest BCUT2D eigenvalue weighted by molar-refractivity contribution is -0.116. The van der Waals surface area contributed by atoms with Gasteiger partial charge in [0.1, 0.15) is 12.4 Å². The molecule has 3 aromatic rings. The van der Waals surface area contributed by atoms with Crippen LogP contribution in [0.4, 0.5) is 10.1 Å². The minimum atomic E-state index is -0.334. The van der Waals surface area contributed by atoms with Gasteiger partial charge in [0.15, 0.2) is 17.0 Å². The minimum Gasteiger partial charge on any atom is -0.493 e. The maximum atomic E-state index is 13.4. The number of halogens is 2. The zero-order chi connectivity index (χ0) is 24.1. The van der Waals surface area contributed by atoms with E-state index in [0.717, 1.165) is 12.1 Å². The first kappa shape index (κ1) is 24.0. The number of carbonyl (C=O) groups excluding carboxylic acids is 1. The fourth-order valence-corrected chi connectivity index (χ4v) is 4.71. The van der Waals surface area contributed by atoms with E-state index in [4.69, 9.17) is 21.1 Å². The van der Waals surface area contributed by atoms with Gasteiger partial charge in [0.25, 0.3) is 5.91 Å². The quantitative estimate of drug-likeness (QED) is 0.360. The second-order valence-electron chi connectivity index (χ2n) is 7.63. The van der Waals surface area contributed by atoms with Crippen LogP contribution in [0.5, 0.6) is 11.5 Å². The molecule has 0 bridgehead atoms. The molecule has 1 aliphatic heterocycles. The molecule has 3 aromatic carbocycles. The highest BCUT2D eigenvalue weighted by Crippen LogP contribution is 2.39. The summed E-state index contributed by atoms with van der Waals surface area (Å²) in [4.78, 5) is 13.1. The van der Waals surface area contributed by atoms with E-state index in [-0.39, 0.29) is 23.8 Å². The second-order valence-corrected chi connectivity index (χ2v) is 9.18. The van der Waals surface area contributed by atoms with Crippen LogP contribution in [0.2, 0.25) is 5.02 Å². The van der Waals surface area contributed by atoms with Gasteiger partial charge in [-0.2, -0.15) is 0 Å². The van der Waals surface area contributed by atoms with Gasteiger partial charge in [-0.05, 0) is 65.6 Å². The largest absolute Gasteiger partial charge is 0.493 e. The number of thioether (sulfide) groups is 1. The number of carbonyl (C=O) groups is 1. The standard InChI is InChI=1S/C26H24ClFN2O3S/c1-3-16-7-9-20(10-8-16)29-26-30-25(31)23(34-26)14-18-12-21(27)24(22(13-18)32-2)33-15-17-5-4-6-19(28)11-17/h4-14,26,29H,3,15H2,1-2H3,(H,30,31)/b23-14-/t26-/m1/s1. The van der Waals surface area contributed by atoms with Gasteiger partial charge in [0, 0.05) is 5.69 Å². The van der Waals surface area contributed by atoms with E-state index in [1.54, 1.807) is 30.3 Å². The molecule has 0 saturated carbocycles. The summed E-state index contributed by atoms with van der Waals surface area (Å²) in [6.45, 7) is 2.25. The molecule has 0 radical (unpaired) electrons. The molecule has 2 N–H and O–H groups in total. The summed E-state index contributed by atoms with van der Waals surface area (Å²) in [5, 5.41) is 6.56. The first-order chi connectivity index (χ1) is 16.4.